The van der Waals surface area contributed by atoms with Crippen molar-refractivity contribution < 1.29 is 12.8 Å². The molecule has 10 heteroatoms. The van der Waals surface area contributed by atoms with Crippen LogP contribution in [0.4, 0.5) is 5.82 Å². The van der Waals surface area contributed by atoms with Crippen molar-refractivity contribution in [3.05, 3.63) is 40.2 Å². The van der Waals surface area contributed by atoms with Gasteiger partial charge in [-0.2, -0.15) is 4.31 Å². The van der Waals surface area contributed by atoms with Gasteiger partial charge in [-0.3, -0.25) is 4.90 Å². The number of pyridine rings is 1. The molecule has 0 spiro atoms. The molecule has 0 atom stereocenters. The average Bonchev–Trinajstić information content (AvgIpc) is 3.35. The summed E-state index contributed by atoms with van der Waals surface area (Å²) in [7, 11) is -3.51. The first-order valence-electron chi connectivity index (χ1n) is 9.31. The molecule has 2 fully saturated rings. The minimum Gasteiger partial charge on any atom is -0.447 e. The van der Waals surface area contributed by atoms with Crippen molar-refractivity contribution in [2.24, 2.45) is 0 Å². The number of halogens is 2. The molecule has 0 N–H and O–H groups in total. The second-order valence-electron chi connectivity index (χ2n) is 7.05. The summed E-state index contributed by atoms with van der Waals surface area (Å²) in [4.78, 5) is 8.69. The van der Waals surface area contributed by atoms with E-state index in [0.717, 1.165) is 44.8 Å². The molecule has 0 amide bonds. The fraction of sp³-hybridized carbons (Fsp3) is 0.500. The summed E-state index contributed by atoms with van der Waals surface area (Å²) in [6.07, 6.45) is 3.41. The van der Waals surface area contributed by atoms with Crippen molar-refractivity contribution in [3.63, 3.8) is 0 Å². The van der Waals surface area contributed by atoms with Crippen molar-refractivity contribution >= 4 is 39.0 Å². The van der Waals surface area contributed by atoms with Crippen LogP contribution in [0.2, 0.25) is 10.0 Å². The average molecular weight is 445 g/mol. The smallest absolute Gasteiger partial charge is 0.276 e. The first kappa shape index (κ1) is 20.0. The lowest BCUT2D eigenvalue weighted by molar-refractivity contribution is 0.223. The van der Waals surface area contributed by atoms with Crippen LogP contribution in [0, 0.1) is 0 Å². The van der Waals surface area contributed by atoms with Gasteiger partial charge in [-0.1, -0.05) is 23.2 Å². The zero-order chi connectivity index (χ0) is 19.7. The van der Waals surface area contributed by atoms with Gasteiger partial charge in [-0.05, 0) is 31.0 Å². The Kier molecular flexibility index (Phi) is 5.85. The molecular formula is C18H22Cl2N4O3S. The van der Waals surface area contributed by atoms with E-state index in [1.54, 1.807) is 24.4 Å². The van der Waals surface area contributed by atoms with Crippen molar-refractivity contribution in [2.45, 2.75) is 24.5 Å². The standard InChI is InChI=1S/C18H22Cl2N4O3S/c19-14-11-16(20)18(21-12-14)23-9-7-22(8-10-23)13-15-3-4-17(27-15)28(25,26)24-5-1-2-6-24/h3-4,11-12H,1-2,5-10,13H2. The van der Waals surface area contributed by atoms with E-state index < -0.39 is 10.0 Å². The summed E-state index contributed by atoms with van der Waals surface area (Å²) >= 11 is 12.2. The Morgan fingerprint density at radius 1 is 1.04 bits per heavy atom. The Labute approximate surface area is 174 Å². The van der Waals surface area contributed by atoms with E-state index in [1.807, 2.05) is 0 Å². The molecule has 2 saturated heterocycles. The maximum absolute atomic E-state index is 12.6. The third-order valence-corrected chi connectivity index (χ3v) is 7.39. The van der Waals surface area contributed by atoms with Crippen molar-refractivity contribution in [2.75, 3.05) is 44.2 Å². The maximum atomic E-state index is 12.6. The van der Waals surface area contributed by atoms with Gasteiger partial charge in [0.05, 0.1) is 16.6 Å². The minimum atomic E-state index is -3.51. The summed E-state index contributed by atoms with van der Waals surface area (Å²) in [6.45, 7) is 4.86. The van der Waals surface area contributed by atoms with Crippen LogP contribution in [0.15, 0.2) is 33.9 Å². The summed E-state index contributed by atoms with van der Waals surface area (Å²) in [5.74, 6) is 1.40. The van der Waals surface area contributed by atoms with E-state index in [-0.39, 0.29) is 5.09 Å². The third kappa shape index (κ3) is 4.16. The molecule has 0 aromatic carbocycles. The van der Waals surface area contributed by atoms with Crippen LogP contribution in [0.25, 0.3) is 0 Å². The molecule has 2 aliphatic rings. The van der Waals surface area contributed by atoms with Gasteiger partial charge in [-0.25, -0.2) is 13.4 Å². The second kappa shape index (κ2) is 8.20. The molecule has 28 heavy (non-hydrogen) atoms. The first-order chi connectivity index (χ1) is 13.4. The molecule has 0 radical (unpaired) electrons. The van der Waals surface area contributed by atoms with Gasteiger partial charge in [-0.15, -0.1) is 0 Å². The van der Waals surface area contributed by atoms with Crippen LogP contribution < -0.4 is 4.90 Å². The minimum absolute atomic E-state index is 0.0418. The number of aromatic nitrogens is 1. The molecule has 0 unspecified atom stereocenters. The highest BCUT2D eigenvalue weighted by Gasteiger charge is 2.30. The van der Waals surface area contributed by atoms with Crippen molar-refractivity contribution in [3.8, 4) is 0 Å². The topological polar surface area (TPSA) is 69.9 Å². The predicted octanol–water partition coefficient (Wildman–Crippen LogP) is 3.09. The summed E-state index contributed by atoms with van der Waals surface area (Å²) in [5.41, 5.74) is 0. The van der Waals surface area contributed by atoms with Gasteiger partial charge in [0.1, 0.15) is 11.6 Å². The number of rotatable bonds is 5. The molecule has 2 aliphatic heterocycles. The van der Waals surface area contributed by atoms with Crippen LogP contribution in [-0.4, -0.2) is 61.9 Å². The van der Waals surface area contributed by atoms with Crippen LogP contribution in [0.1, 0.15) is 18.6 Å². The predicted molar refractivity (Wildman–Crippen MR) is 108 cm³/mol. The number of nitrogens with zero attached hydrogens (tertiary/aromatic N) is 4. The fourth-order valence-electron chi connectivity index (χ4n) is 3.62. The highest BCUT2D eigenvalue weighted by atomic mass is 35.5. The number of furan rings is 1. The summed E-state index contributed by atoms with van der Waals surface area (Å²) in [5, 5.41) is 1.11. The van der Waals surface area contributed by atoms with Crippen LogP contribution in [0.5, 0.6) is 0 Å². The molecule has 2 aromatic rings. The molecule has 152 valence electrons. The quantitative estimate of drug-likeness (QED) is 0.705. The van der Waals surface area contributed by atoms with E-state index in [2.05, 4.69) is 14.8 Å². The van der Waals surface area contributed by atoms with E-state index in [9.17, 15) is 8.42 Å². The molecule has 2 aromatic heterocycles. The van der Waals surface area contributed by atoms with Gasteiger partial charge >= 0.3 is 0 Å². The van der Waals surface area contributed by atoms with E-state index in [1.165, 1.54) is 4.31 Å². The van der Waals surface area contributed by atoms with Crippen LogP contribution in [0.3, 0.4) is 0 Å². The first-order valence-corrected chi connectivity index (χ1v) is 11.5. The highest BCUT2D eigenvalue weighted by Crippen LogP contribution is 2.27. The number of anilines is 1. The summed E-state index contributed by atoms with van der Waals surface area (Å²) in [6, 6.07) is 5.02. The van der Waals surface area contributed by atoms with Crippen LogP contribution >= 0.6 is 23.2 Å². The Morgan fingerprint density at radius 3 is 2.43 bits per heavy atom. The van der Waals surface area contributed by atoms with Gasteiger partial charge in [0.15, 0.2) is 0 Å². The molecule has 0 aliphatic carbocycles. The lowest BCUT2D eigenvalue weighted by Crippen LogP contribution is -2.46. The zero-order valence-corrected chi connectivity index (χ0v) is 17.7. The lowest BCUT2D eigenvalue weighted by atomic mass is 10.3. The molecule has 0 saturated carbocycles. The van der Waals surface area contributed by atoms with E-state index in [4.69, 9.17) is 27.6 Å². The van der Waals surface area contributed by atoms with E-state index >= 15 is 0 Å². The maximum Gasteiger partial charge on any atom is 0.276 e. The molecule has 0 bridgehead atoms. The Morgan fingerprint density at radius 2 is 1.75 bits per heavy atom. The van der Waals surface area contributed by atoms with Gasteiger partial charge in [0.25, 0.3) is 10.0 Å². The van der Waals surface area contributed by atoms with Crippen LogP contribution in [-0.2, 0) is 16.6 Å². The number of hydrogen-bond acceptors (Lipinski definition) is 6. The normalized spacial score (nSPS) is 19.4. The fourth-order valence-corrected chi connectivity index (χ4v) is 5.56. The summed E-state index contributed by atoms with van der Waals surface area (Å²) < 4.78 is 32.3. The monoisotopic (exact) mass is 444 g/mol. The number of hydrogen-bond donors (Lipinski definition) is 0. The van der Waals surface area contributed by atoms with Crippen molar-refractivity contribution in [1.29, 1.82) is 0 Å². The number of piperazine rings is 1. The van der Waals surface area contributed by atoms with E-state index in [0.29, 0.717) is 35.4 Å². The van der Waals surface area contributed by atoms with Gasteiger partial charge < -0.3 is 9.32 Å². The lowest BCUT2D eigenvalue weighted by Gasteiger charge is -2.35. The molecule has 4 rings (SSSR count). The molecular weight excluding hydrogens is 423 g/mol. The van der Waals surface area contributed by atoms with Gasteiger partial charge in [0.2, 0.25) is 5.09 Å². The Balaban J connectivity index is 1.36. The Hall–Kier alpha value is -1.32. The number of sulfonamides is 1. The van der Waals surface area contributed by atoms with Crippen molar-refractivity contribution in [1.82, 2.24) is 14.2 Å². The highest BCUT2D eigenvalue weighted by molar-refractivity contribution is 7.89. The SMILES string of the molecule is O=S(=O)(c1ccc(CN2CCN(c3ncc(Cl)cc3Cl)CC2)o1)N1CCCC1. The second-order valence-corrected chi connectivity index (χ2v) is 9.77. The zero-order valence-electron chi connectivity index (χ0n) is 15.4. The third-order valence-electron chi connectivity index (χ3n) is 5.14. The molecule has 4 heterocycles. The van der Waals surface area contributed by atoms with Gasteiger partial charge in [0, 0.05) is 45.5 Å². The Bertz CT molecular complexity index is 936. The molecule has 7 nitrogen and oxygen atoms in total. The largest absolute Gasteiger partial charge is 0.447 e.